The molecule has 2 aromatic carbocycles. The summed E-state index contributed by atoms with van der Waals surface area (Å²) < 4.78 is 10.6. The Morgan fingerprint density at radius 3 is 2.76 bits per heavy atom. The summed E-state index contributed by atoms with van der Waals surface area (Å²) in [6.07, 6.45) is 2.41. The molecule has 0 radical (unpaired) electrons. The van der Waals surface area contributed by atoms with E-state index in [1.807, 2.05) is 37.3 Å². The molecule has 0 saturated carbocycles. The maximum Gasteiger partial charge on any atom is 0.277 e. The first-order valence-electron chi connectivity index (χ1n) is 9.34. The smallest absolute Gasteiger partial charge is 0.277 e. The summed E-state index contributed by atoms with van der Waals surface area (Å²) in [5, 5.41) is 3.12. The van der Waals surface area contributed by atoms with Gasteiger partial charge in [0, 0.05) is 24.0 Å². The topological polar surface area (TPSA) is 76.6 Å². The third-order valence-electron chi connectivity index (χ3n) is 4.96. The minimum atomic E-state index is -0.144. The molecular weight excluding hydrogens is 368 g/mol. The summed E-state index contributed by atoms with van der Waals surface area (Å²) in [6.45, 7) is 2.04. The fourth-order valence-corrected chi connectivity index (χ4v) is 3.56. The predicted octanol–water partition coefficient (Wildman–Crippen LogP) is 3.83. The van der Waals surface area contributed by atoms with E-state index in [0.29, 0.717) is 28.8 Å². The van der Waals surface area contributed by atoms with Gasteiger partial charge < -0.3 is 19.7 Å². The standard InChI is InChI=1S/C22H22N4O3/c1-14-12-15-6-4-5-7-19(15)26(14)21(27)18-10-11-23-22(25-18)24-17-9-8-16(28-2)13-20(17)29-3/h4-11,13-14H,12H2,1-3H3,(H,23,24,25). The zero-order valence-electron chi connectivity index (χ0n) is 16.5. The van der Waals surface area contributed by atoms with Crippen molar-refractivity contribution in [3.63, 3.8) is 0 Å². The van der Waals surface area contributed by atoms with E-state index >= 15 is 0 Å². The molecule has 1 aliphatic heterocycles. The molecule has 0 spiro atoms. The third kappa shape index (κ3) is 3.59. The van der Waals surface area contributed by atoms with Crippen molar-refractivity contribution in [2.75, 3.05) is 24.4 Å². The molecule has 148 valence electrons. The number of benzene rings is 2. The predicted molar refractivity (Wildman–Crippen MR) is 111 cm³/mol. The quantitative estimate of drug-likeness (QED) is 0.714. The molecule has 1 atom stereocenters. The van der Waals surface area contributed by atoms with E-state index in [1.54, 1.807) is 37.4 Å². The number of carbonyl (C=O) groups is 1. The van der Waals surface area contributed by atoms with Crippen LogP contribution in [0.3, 0.4) is 0 Å². The largest absolute Gasteiger partial charge is 0.497 e. The molecule has 1 amide bonds. The molecule has 0 saturated heterocycles. The SMILES string of the molecule is COc1ccc(Nc2nccc(C(=O)N3c4ccccc4CC3C)n2)c(OC)c1. The summed E-state index contributed by atoms with van der Waals surface area (Å²) in [5.74, 6) is 1.44. The summed E-state index contributed by atoms with van der Waals surface area (Å²) in [5.41, 5.74) is 3.12. The fourth-order valence-electron chi connectivity index (χ4n) is 3.56. The Morgan fingerprint density at radius 2 is 1.97 bits per heavy atom. The Hall–Kier alpha value is -3.61. The van der Waals surface area contributed by atoms with Gasteiger partial charge in [0.2, 0.25) is 5.95 Å². The van der Waals surface area contributed by atoms with Crippen molar-refractivity contribution in [2.24, 2.45) is 0 Å². The number of rotatable bonds is 5. The van der Waals surface area contributed by atoms with Gasteiger partial charge >= 0.3 is 0 Å². The van der Waals surface area contributed by atoms with Crippen LogP contribution in [0.1, 0.15) is 23.0 Å². The molecule has 1 aliphatic rings. The number of anilines is 3. The van der Waals surface area contributed by atoms with Gasteiger partial charge in [0.1, 0.15) is 17.2 Å². The number of nitrogens with one attached hydrogen (secondary N) is 1. The highest BCUT2D eigenvalue weighted by Crippen LogP contribution is 2.33. The van der Waals surface area contributed by atoms with E-state index in [-0.39, 0.29) is 11.9 Å². The van der Waals surface area contributed by atoms with Gasteiger partial charge in [0.25, 0.3) is 5.91 Å². The van der Waals surface area contributed by atoms with Gasteiger partial charge in [-0.05, 0) is 43.2 Å². The number of ether oxygens (including phenoxy) is 2. The second-order valence-electron chi connectivity index (χ2n) is 6.81. The second-order valence-corrected chi connectivity index (χ2v) is 6.81. The van der Waals surface area contributed by atoms with Gasteiger partial charge in [-0.1, -0.05) is 18.2 Å². The summed E-state index contributed by atoms with van der Waals surface area (Å²) >= 11 is 0. The molecule has 1 unspecified atom stereocenters. The van der Waals surface area contributed by atoms with Crippen molar-refractivity contribution in [1.82, 2.24) is 9.97 Å². The van der Waals surface area contributed by atoms with Crippen LogP contribution in [0.15, 0.2) is 54.7 Å². The van der Waals surface area contributed by atoms with E-state index in [4.69, 9.17) is 9.47 Å². The highest BCUT2D eigenvalue weighted by Gasteiger charge is 2.32. The molecule has 3 aromatic rings. The Labute approximate surface area is 169 Å². The number of carbonyl (C=O) groups excluding carboxylic acids is 1. The van der Waals surface area contributed by atoms with Crippen molar-refractivity contribution in [2.45, 2.75) is 19.4 Å². The number of fused-ring (bicyclic) bond motifs is 1. The highest BCUT2D eigenvalue weighted by atomic mass is 16.5. The Morgan fingerprint density at radius 1 is 1.14 bits per heavy atom. The molecule has 29 heavy (non-hydrogen) atoms. The molecule has 7 heteroatoms. The number of hydrogen-bond donors (Lipinski definition) is 1. The minimum absolute atomic E-state index is 0.0768. The van der Waals surface area contributed by atoms with E-state index in [0.717, 1.165) is 12.1 Å². The van der Waals surface area contributed by atoms with Crippen LogP contribution >= 0.6 is 0 Å². The monoisotopic (exact) mass is 390 g/mol. The molecular formula is C22H22N4O3. The summed E-state index contributed by atoms with van der Waals surface area (Å²) in [7, 11) is 3.17. The zero-order valence-corrected chi connectivity index (χ0v) is 16.5. The zero-order chi connectivity index (χ0) is 20.4. The summed E-state index contributed by atoms with van der Waals surface area (Å²) in [6, 6.07) is 15.1. The minimum Gasteiger partial charge on any atom is -0.497 e. The van der Waals surface area contributed by atoms with Gasteiger partial charge in [-0.2, -0.15) is 0 Å². The van der Waals surface area contributed by atoms with Crippen LogP contribution in [-0.4, -0.2) is 36.1 Å². The normalized spacial score (nSPS) is 15.0. The number of para-hydroxylation sites is 1. The van der Waals surface area contributed by atoms with Crippen molar-refractivity contribution >= 4 is 23.2 Å². The van der Waals surface area contributed by atoms with Crippen molar-refractivity contribution in [3.05, 3.63) is 66.0 Å². The van der Waals surface area contributed by atoms with E-state index in [1.165, 1.54) is 5.56 Å². The average Bonchev–Trinajstić information content (AvgIpc) is 3.09. The van der Waals surface area contributed by atoms with Crippen molar-refractivity contribution in [3.8, 4) is 11.5 Å². The van der Waals surface area contributed by atoms with E-state index < -0.39 is 0 Å². The van der Waals surface area contributed by atoms with Gasteiger partial charge in [0.15, 0.2) is 0 Å². The molecule has 0 bridgehead atoms. The fraction of sp³-hybridized carbons (Fsp3) is 0.227. The summed E-state index contributed by atoms with van der Waals surface area (Å²) in [4.78, 5) is 23.7. The van der Waals surface area contributed by atoms with Crippen LogP contribution in [0.2, 0.25) is 0 Å². The Bertz CT molecular complexity index is 1050. The Balaban J connectivity index is 1.61. The molecule has 1 aromatic heterocycles. The van der Waals surface area contributed by atoms with Gasteiger partial charge in [-0.25, -0.2) is 9.97 Å². The number of hydrogen-bond acceptors (Lipinski definition) is 6. The third-order valence-corrected chi connectivity index (χ3v) is 4.96. The van der Waals surface area contributed by atoms with Crippen molar-refractivity contribution < 1.29 is 14.3 Å². The van der Waals surface area contributed by atoms with Crippen LogP contribution in [-0.2, 0) is 6.42 Å². The highest BCUT2D eigenvalue weighted by molar-refractivity contribution is 6.06. The van der Waals surface area contributed by atoms with E-state index in [9.17, 15) is 4.79 Å². The second kappa shape index (κ2) is 7.79. The number of aromatic nitrogens is 2. The Kier molecular flexibility index (Phi) is 5.03. The average molecular weight is 390 g/mol. The van der Waals surface area contributed by atoms with Gasteiger partial charge in [-0.3, -0.25) is 4.79 Å². The lowest BCUT2D eigenvalue weighted by molar-refractivity contribution is 0.0976. The molecule has 1 N–H and O–H groups in total. The van der Waals surface area contributed by atoms with Gasteiger partial charge in [0.05, 0.1) is 19.9 Å². The lowest BCUT2D eigenvalue weighted by Gasteiger charge is -2.22. The van der Waals surface area contributed by atoms with Gasteiger partial charge in [-0.15, -0.1) is 0 Å². The number of amides is 1. The lowest BCUT2D eigenvalue weighted by Crippen LogP contribution is -2.36. The first kappa shape index (κ1) is 18.7. The number of methoxy groups -OCH3 is 2. The van der Waals surface area contributed by atoms with Crippen LogP contribution in [0.25, 0.3) is 0 Å². The van der Waals surface area contributed by atoms with Crippen LogP contribution in [0.4, 0.5) is 17.3 Å². The number of nitrogens with zero attached hydrogens (tertiary/aromatic N) is 3. The lowest BCUT2D eigenvalue weighted by atomic mass is 10.1. The first-order valence-corrected chi connectivity index (χ1v) is 9.34. The van der Waals surface area contributed by atoms with Crippen LogP contribution < -0.4 is 19.7 Å². The maximum absolute atomic E-state index is 13.2. The molecule has 2 heterocycles. The van der Waals surface area contributed by atoms with Crippen LogP contribution in [0, 0.1) is 0 Å². The molecule has 0 fully saturated rings. The molecule has 4 rings (SSSR count). The maximum atomic E-state index is 13.2. The molecule has 0 aliphatic carbocycles. The molecule has 7 nitrogen and oxygen atoms in total. The van der Waals surface area contributed by atoms with Crippen LogP contribution in [0.5, 0.6) is 11.5 Å². The first-order chi connectivity index (χ1) is 14.1. The van der Waals surface area contributed by atoms with E-state index in [2.05, 4.69) is 21.4 Å². The van der Waals surface area contributed by atoms with Crippen molar-refractivity contribution in [1.29, 1.82) is 0 Å².